The molecule has 2 nitrogen and oxygen atoms in total. The van der Waals surface area contributed by atoms with Gasteiger partial charge in [-0.05, 0) is 48.8 Å². The van der Waals surface area contributed by atoms with Crippen LogP contribution in [0.2, 0.25) is 0 Å². The zero-order valence-electron chi connectivity index (χ0n) is 10.9. The van der Waals surface area contributed by atoms with Crippen molar-refractivity contribution in [1.29, 1.82) is 0 Å². The van der Waals surface area contributed by atoms with Crippen molar-refractivity contribution in [3.8, 4) is 0 Å². The van der Waals surface area contributed by atoms with Crippen LogP contribution in [0, 0.1) is 17.0 Å². The van der Waals surface area contributed by atoms with Crippen LogP contribution in [0.15, 0.2) is 18.2 Å². The van der Waals surface area contributed by atoms with Gasteiger partial charge in [0.15, 0.2) is 0 Å². The molecule has 1 aliphatic heterocycles. The fourth-order valence-corrected chi connectivity index (χ4v) is 3.87. The molecule has 1 aliphatic carbocycles. The second kappa shape index (κ2) is 4.53. The molecule has 1 aromatic carbocycles. The van der Waals surface area contributed by atoms with Crippen molar-refractivity contribution < 1.29 is 13.5 Å². The van der Waals surface area contributed by atoms with Gasteiger partial charge in [-0.2, -0.15) is 0 Å². The number of nitrogens with two attached hydrogens (primary N) is 1. The van der Waals surface area contributed by atoms with Crippen LogP contribution in [0.25, 0.3) is 0 Å². The highest BCUT2D eigenvalue weighted by Gasteiger charge is 2.54. The van der Waals surface area contributed by atoms with Crippen LogP contribution >= 0.6 is 0 Å². The molecular formula is C15H19F2NO. The van der Waals surface area contributed by atoms with Gasteiger partial charge in [-0.3, -0.25) is 0 Å². The molecular weight excluding hydrogens is 248 g/mol. The lowest BCUT2D eigenvalue weighted by Crippen LogP contribution is -2.55. The van der Waals surface area contributed by atoms with Crippen molar-refractivity contribution in [2.24, 2.45) is 11.1 Å². The Morgan fingerprint density at radius 3 is 2.16 bits per heavy atom. The molecule has 0 amide bonds. The van der Waals surface area contributed by atoms with E-state index in [1.54, 1.807) is 0 Å². The lowest BCUT2D eigenvalue weighted by Gasteiger charge is -2.58. The summed E-state index contributed by atoms with van der Waals surface area (Å²) < 4.78 is 32.2. The second-order valence-corrected chi connectivity index (χ2v) is 6.11. The van der Waals surface area contributed by atoms with E-state index in [0.29, 0.717) is 12.1 Å². The maximum Gasteiger partial charge on any atom is 0.126 e. The number of ether oxygens (including phenoxy) is 1. The van der Waals surface area contributed by atoms with E-state index in [1.807, 2.05) is 0 Å². The first kappa shape index (κ1) is 13.0. The minimum absolute atomic E-state index is 0.250. The first-order chi connectivity index (χ1) is 9.07. The first-order valence-electron chi connectivity index (χ1n) is 6.82. The molecule has 1 aromatic rings. The van der Waals surface area contributed by atoms with E-state index < -0.39 is 11.6 Å². The molecule has 19 heavy (non-hydrogen) atoms. The number of halogens is 2. The molecule has 1 heterocycles. The van der Waals surface area contributed by atoms with Gasteiger partial charge in [-0.15, -0.1) is 0 Å². The number of benzene rings is 1. The summed E-state index contributed by atoms with van der Waals surface area (Å²) in [6, 6.07) is 3.78. The van der Waals surface area contributed by atoms with E-state index >= 15 is 0 Å². The fourth-order valence-electron chi connectivity index (χ4n) is 3.87. The predicted octanol–water partition coefficient (Wildman–Crippen LogP) is 2.75. The van der Waals surface area contributed by atoms with Crippen molar-refractivity contribution in [1.82, 2.24) is 0 Å². The highest BCUT2D eigenvalue weighted by Crippen LogP contribution is 2.59. The average molecular weight is 267 g/mol. The SMILES string of the molecule is NCC1(c2cc(F)cc(F)c2)CC2(CCOCC2)C1. The highest BCUT2D eigenvalue weighted by atomic mass is 19.1. The van der Waals surface area contributed by atoms with Gasteiger partial charge < -0.3 is 10.5 Å². The Kier molecular flexibility index (Phi) is 3.10. The van der Waals surface area contributed by atoms with Crippen molar-refractivity contribution in [3.05, 3.63) is 35.4 Å². The van der Waals surface area contributed by atoms with Crippen LogP contribution in [0.5, 0.6) is 0 Å². The molecule has 1 saturated carbocycles. The Bertz CT molecular complexity index is 455. The zero-order chi connectivity index (χ0) is 13.5. The van der Waals surface area contributed by atoms with Gasteiger partial charge >= 0.3 is 0 Å². The second-order valence-electron chi connectivity index (χ2n) is 6.11. The maximum atomic E-state index is 13.4. The Balaban J connectivity index is 1.85. The van der Waals surface area contributed by atoms with E-state index in [0.717, 1.165) is 45.0 Å². The standard InChI is InChI=1S/C15H19F2NO/c16-12-5-11(6-13(17)7-12)15(10-18)8-14(9-15)1-3-19-4-2-14/h5-7H,1-4,8-10,18H2. The summed E-state index contributed by atoms with van der Waals surface area (Å²) >= 11 is 0. The van der Waals surface area contributed by atoms with E-state index in [9.17, 15) is 8.78 Å². The monoisotopic (exact) mass is 267 g/mol. The third-order valence-electron chi connectivity index (χ3n) is 4.85. The Labute approximate surface area is 111 Å². The minimum Gasteiger partial charge on any atom is -0.381 e. The number of hydrogen-bond acceptors (Lipinski definition) is 2. The van der Waals surface area contributed by atoms with Gasteiger partial charge in [0.2, 0.25) is 0 Å². The van der Waals surface area contributed by atoms with E-state index in [1.165, 1.54) is 12.1 Å². The van der Waals surface area contributed by atoms with Gasteiger partial charge in [0.1, 0.15) is 11.6 Å². The third-order valence-corrected chi connectivity index (χ3v) is 4.85. The van der Waals surface area contributed by atoms with E-state index in [-0.39, 0.29) is 10.8 Å². The van der Waals surface area contributed by atoms with Gasteiger partial charge in [-0.1, -0.05) is 0 Å². The summed E-state index contributed by atoms with van der Waals surface area (Å²) in [5.74, 6) is -1.04. The molecule has 0 bridgehead atoms. The molecule has 0 unspecified atom stereocenters. The normalized spacial score (nSPS) is 24.2. The van der Waals surface area contributed by atoms with Crippen molar-refractivity contribution in [2.45, 2.75) is 31.1 Å². The third kappa shape index (κ3) is 2.17. The summed E-state index contributed by atoms with van der Waals surface area (Å²) in [6.45, 7) is 2.02. The van der Waals surface area contributed by atoms with Gasteiger partial charge in [0, 0.05) is 31.2 Å². The lowest BCUT2D eigenvalue weighted by atomic mass is 9.48. The topological polar surface area (TPSA) is 35.2 Å². The molecule has 104 valence electrons. The molecule has 3 rings (SSSR count). The molecule has 1 spiro atoms. The number of rotatable bonds is 2. The number of hydrogen-bond donors (Lipinski definition) is 1. The van der Waals surface area contributed by atoms with Gasteiger partial charge in [0.05, 0.1) is 0 Å². The summed E-state index contributed by atoms with van der Waals surface area (Å²) in [6.07, 6.45) is 3.91. The quantitative estimate of drug-likeness (QED) is 0.894. The van der Waals surface area contributed by atoms with Crippen molar-refractivity contribution >= 4 is 0 Å². The molecule has 4 heteroatoms. The Morgan fingerprint density at radius 2 is 1.63 bits per heavy atom. The van der Waals surface area contributed by atoms with Crippen LogP contribution in [0.4, 0.5) is 8.78 Å². The van der Waals surface area contributed by atoms with Crippen molar-refractivity contribution in [2.75, 3.05) is 19.8 Å². The summed E-state index contributed by atoms with van der Waals surface area (Å²) in [7, 11) is 0. The Morgan fingerprint density at radius 1 is 1.05 bits per heavy atom. The summed E-state index contributed by atoms with van der Waals surface area (Å²) in [4.78, 5) is 0. The molecule has 2 N–H and O–H groups in total. The van der Waals surface area contributed by atoms with E-state index in [2.05, 4.69) is 0 Å². The van der Waals surface area contributed by atoms with Gasteiger partial charge in [0.25, 0.3) is 0 Å². The summed E-state index contributed by atoms with van der Waals surface area (Å²) in [5, 5.41) is 0. The maximum absolute atomic E-state index is 13.4. The lowest BCUT2D eigenvalue weighted by molar-refractivity contribution is -0.0716. The van der Waals surface area contributed by atoms with Crippen LogP contribution in [-0.2, 0) is 10.2 Å². The van der Waals surface area contributed by atoms with Crippen LogP contribution in [0.1, 0.15) is 31.2 Å². The highest BCUT2D eigenvalue weighted by molar-refractivity contribution is 5.32. The predicted molar refractivity (Wildman–Crippen MR) is 68.8 cm³/mol. The smallest absolute Gasteiger partial charge is 0.126 e. The molecule has 2 aliphatic rings. The molecule has 0 radical (unpaired) electrons. The zero-order valence-corrected chi connectivity index (χ0v) is 10.9. The minimum atomic E-state index is -0.518. The molecule has 0 aromatic heterocycles. The van der Waals surface area contributed by atoms with Crippen molar-refractivity contribution in [3.63, 3.8) is 0 Å². The average Bonchev–Trinajstić information content (AvgIpc) is 2.35. The summed E-state index contributed by atoms with van der Waals surface area (Å²) in [5.41, 5.74) is 6.66. The van der Waals surface area contributed by atoms with Crippen LogP contribution in [-0.4, -0.2) is 19.8 Å². The van der Waals surface area contributed by atoms with E-state index in [4.69, 9.17) is 10.5 Å². The largest absolute Gasteiger partial charge is 0.381 e. The van der Waals surface area contributed by atoms with Gasteiger partial charge in [-0.25, -0.2) is 8.78 Å². The first-order valence-corrected chi connectivity index (χ1v) is 6.82. The van der Waals surface area contributed by atoms with Crippen LogP contribution < -0.4 is 5.73 Å². The molecule has 1 saturated heterocycles. The van der Waals surface area contributed by atoms with Crippen LogP contribution in [0.3, 0.4) is 0 Å². The fraction of sp³-hybridized carbons (Fsp3) is 0.600. The molecule has 2 fully saturated rings. The molecule has 0 atom stereocenters. The Hall–Kier alpha value is -1.00.